The summed E-state index contributed by atoms with van der Waals surface area (Å²) in [5, 5.41) is 9.31. The first kappa shape index (κ1) is 26.5. The van der Waals surface area contributed by atoms with Crippen molar-refractivity contribution in [1.82, 2.24) is 0 Å². The van der Waals surface area contributed by atoms with Gasteiger partial charge in [-0.2, -0.15) is 8.78 Å². The molecule has 0 atom stereocenters. The average Bonchev–Trinajstić information content (AvgIpc) is 2.90. The molecule has 8 heteroatoms. The molecule has 196 valence electrons. The van der Waals surface area contributed by atoms with Crippen LogP contribution in [-0.4, -0.2) is 24.3 Å². The van der Waals surface area contributed by atoms with Crippen LogP contribution in [0.4, 0.5) is 17.6 Å². The van der Waals surface area contributed by atoms with E-state index in [-0.39, 0.29) is 36.7 Å². The Bertz CT molecular complexity index is 1070. The summed E-state index contributed by atoms with van der Waals surface area (Å²) < 4.78 is 68.5. The SMILES string of the molecule is CCOc1ccc(OC(=O)C2CCC(c3ccc(C4CCC(CO)CC4)c(F)c3F)CC2)c(F)c1F. The minimum Gasteiger partial charge on any atom is -0.491 e. The van der Waals surface area contributed by atoms with Gasteiger partial charge in [0.25, 0.3) is 0 Å². The van der Waals surface area contributed by atoms with Crippen molar-refractivity contribution >= 4 is 5.97 Å². The monoisotopic (exact) mass is 508 g/mol. The molecule has 4 rings (SSSR count). The van der Waals surface area contributed by atoms with E-state index in [1.165, 1.54) is 6.07 Å². The van der Waals surface area contributed by atoms with E-state index in [0.717, 1.165) is 31.7 Å². The zero-order chi connectivity index (χ0) is 25.8. The maximum Gasteiger partial charge on any atom is 0.314 e. The first-order chi connectivity index (χ1) is 17.3. The lowest BCUT2D eigenvalue weighted by molar-refractivity contribution is -0.140. The van der Waals surface area contributed by atoms with Gasteiger partial charge in [0.05, 0.1) is 12.5 Å². The van der Waals surface area contributed by atoms with Crippen LogP contribution in [0, 0.1) is 35.1 Å². The smallest absolute Gasteiger partial charge is 0.314 e. The molecule has 0 radical (unpaired) electrons. The van der Waals surface area contributed by atoms with Crippen molar-refractivity contribution in [1.29, 1.82) is 0 Å². The van der Waals surface area contributed by atoms with Gasteiger partial charge in [0.1, 0.15) is 0 Å². The van der Waals surface area contributed by atoms with Gasteiger partial charge >= 0.3 is 5.97 Å². The van der Waals surface area contributed by atoms with Crippen molar-refractivity contribution in [2.75, 3.05) is 13.2 Å². The first-order valence-electron chi connectivity index (χ1n) is 12.7. The fourth-order valence-electron chi connectivity index (χ4n) is 5.56. The Morgan fingerprint density at radius 3 is 1.81 bits per heavy atom. The van der Waals surface area contributed by atoms with E-state index >= 15 is 8.78 Å². The number of carbonyl (C=O) groups excluding carboxylic acids is 1. The highest BCUT2D eigenvalue weighted by atomic mass is 19.2. The second-order valence-corrected chi connectivity index (χ2v) is 9.86. The Balaban J connectivity index is 1.37. The zero-order valence-electron chi connectivity index (χ0n) is 20.4. The molecule has 0 unspecified atom stereocenters. The van der Waals surface area contributed by atoms with Gasteiger partial charge in [-0.25, -0.2) is 8.78 Å². The van der Waals surface area contributed by atoms with Crippen LogP contribution in [0.3, 0.4) is 0 Å². The number of halogens is 4. The molecular weight excluding hydrogens is 476 g/mol. The summed E-state index contributed by atoms with van der Waals surface area (Å²) in [5.74, 6) is -6.13. The second-order valence-electron chi connectivity index (χ2n) is 9.86. The summed E-state index contributed by atoms with van der Waals surface area (Å²) in [5.41, 5.74) is 0.709. The number of aliphatic hydroxyl groups excluding tert-OH is 1. The standard InChI is InChI=1S/C28H32F4O4/c1-2-35-22-13-14-23(27(32)26(22)31)36-28(34)19-9-7-18(8-10-19)21-12-11-20(24(29)25(21)30)17-5-3-16(15-33)4-6-17/h11-14,16-19,33H,2-10,15H2,1H3. The summed E-state index contributed by atoms with van der Waals surface area (Å²) in [4.78, 5) is 12.6. The number of ether oxygens (including phenoxy) is 2. The second kappa shape index (κ2) is 11.6. The lowest BCUT2D eigenvalue weighted by Gasteiger charge is -2.30. The van der Waals surface area contributed by atoms with Gasteiger partial charge in [-0.1, -0.05) is 12.1 Å². The topological polar surface area (TPSA) is 55.8 Å². The Kier molecular flexibility index (Phi) is 8.54. The van der Waals surface area contributed by atoms with Gasteiger partial charge < -0.3 is 14.6 Å². The summed E-state index contributed by atoms with van der Waals surface area (Å²) in [6.07, 6.45) is 4.72. The molecule has 2 aliphatic carbocycles. The van der Waals surface area contributed by atoms with Crippen LogP contribution < -0.4 is 9.47 Å². The third-order valence-corrected chi connectivity index (χ3v) is 7.71. The fraction of sp³-hybridized carbons (Fsp3) is 0.536. The van der Waals surface area contributed by atoms with E-state index in [0.29, 0.717) is 36.8 Å². The van der Waals surface area contributed by atoms with Crippen molar-refractivity contribution in [3.63, 3.8) is 0 Å². The van der Waals surface area contributed by atoms with Gasteiger partial charge in [0, 0.05) is 6.61 Å². The van der Waals surface area contributed by atoms with Crippen LogP contribution in [0.15, 0.2) is 24.3 Å². The minimum absolute atomic E-state index is 0.0466. The first-order valence-corrected chi connectivity index (χ1v) is 12.7. The van der Waals surface area contributed by atoms with E-state index in [1.807, 2.05) is 0 Å². The largest absolute Gasteiger partial charge is 0.491 e. The van der Waals surface area contributed by atoms with Crippen LogP contribution in [0.5, 0.6) is 11.5 Å². The summed E-state index contributed by atoms with van der Waals surface area (Å²) in [6.45, 7) is 1.93. The van der Waals surface area contributed by atoms with Gasteiger partial charge in [-0.15, -0.1) is 0 Å². The van der Waals surface area contributed by atoms with Crippen molar-refractivity contribution in [2.24, 2.45) is 11.8 Å². The van der Waals surface area contributed by atoms with E-state index in [1.54, 1.807) is 19.1 Å². The molecule has 1 N–H and O–H groups in total. The third kappa shape index (κ3) is 5.53. The van der Waals surface area contributed by atoms with Crippen LogP contribution in [0.2, 0.25) is 0 Å². The van der Waals surface area contributed by atoms with Crippen molar-refractivity contribution in [3.8, 4) is 11.5 Å². The summed E-state index contributed by atoms with van der Waals surface area (Å²) in [7, 11) is 0. The summed E-state index contributed by atoms with van der Waals surface area (Å²) in [6, 6.07) is 5.71. The Hall–Kier alpha value is -2.61. The summed E-state index contributed by atoms with van der Waals surface area (Å²) >= 11 is 0. The zero-order valence-corrected chi connectivity index (χ0v) is 20.4. The number of rotatable bonds is 7. The lowest BCUT2D eigenvalue weighted by Crippen LogP contribution is -2.26. The molecular formula is C28H32F4O4. The quantitative estimate of drug-likeness (QED) is 0.254. The number of hydrogen-bond acceptors (Lipinski definition) is 4. The molecule has 0 aliphatic heterocycles. The highest BCUT2D eigenvalue weighted by Crippen LogP contribution is 2.41. The van der Waals surface area contributed by atoms with Crippen molar-refractivity contribution < 1.29 is 36.9 Å². The van der Waals surface area contributed by atoms with Crippen LogP contribution >= 0.6 is 0 Å². The van der Waals surface area contributed by atoms with Crippen molar-refractivity contribution in [3.05, 3.63) is 58.7 Å². The minimum atomic E-state index is -1.29. The molecule has 0 amide bonds. The maximum atomic E-state index is 15.1. The Labute approximate surface area is 208 Å². The Morgan fingerprint density at radius 2 is 1.28 bits per heavy atom. The van der Waals surface area contributed by atoms with Crippen LogP contribution in [-0.2, 0) is 4.79 Å². The maximum absolute atomic E-state index is 15.1. The highest BCUT2D eigenvalue weighted by Gasteiger charge is 2.32. The third-order valence-electron chi connectivity index (χ3n) is 7.71. The molecule has 0 spiro atoms. The molecule has 0 bridgehead atoms. The van der Waals surface area contributed by atoms with E-state index in [9.17, 15) is 18.7 Å². The predicted octanol–water partition coefficient (Wildman–Crippen LogP) is 6.79. The number of hydrogen-bond donors (Lipinski definition) is 1. The van der Waals surface area contributed by atoms with E-state index in [4.69, 9.17) is 9.47 Å². The molecule has 36 heavy (non-hydrogen) atoms. The van der Waals surface area contributed by atoms with E-state index < -0.39 is 40.9 Å². The Morgan fingerprint density at radius 1 is 0.778 bits per heavy atom. The van der Waals surface area contributed by atoms with Gasteiger partial charge in [0.15, 0.2) is 23.1 Å². The molecule has 2 aromatic carbocycles. The molecule has 4 nitrogen and oxygen atoms in total. The highest BCUT2D eigenvalue weighted by molar-refractivity contribution is 5.75. The normalized spacial score (nSPS) is 24.4. The van der Waals surface area contributed by atoms with Gasteiger partial charge in [0.2, 0.25) is 11.6 Å². The number of carbonyl (C=O) groups is 1. The van der Waals surface area contributed by atoms with E-state index in [2.05, 4.69) is 0 Å². The van der Waals surface area contributed by atoms with Gasteiger partial charge in [-0.3, -0.25) is 4.79 Å². The number of aliphatic hydroxyl groups is 1. The molecule has 2 aromatic rings. The number of esters is 1. The predicted molar refractivity (Wildman–Crippen MR) is 126 cm³/mol. The molecule has 0 saturated heterocycles. The molecule has 2 saturated carbocycles. The fourth-order valence-corrected chi connectivity index (χ4v) is 5.56. The van der Waals surface area contributed by atoms with Crippen molar-refractivity contribution in [2.45, 2.75) is 70.1 Å². The number of benzene rings is 2. The molecule has 2 aliphatic rings. The molecule has 0 aromatic heterocycles. The molecule has 2 fully saturated rings. The average molecular weight is 509 g/mol. The van der Waals surface area contributed by atoms with Crippen LogP contribution in [0.1, 0.15) is 81.3 Å². The van der Waals surface area contributed by atoms with Crippen LogP contribution in [0.25, 0.3) is 0 Å². The lowest BCUT2D eigenvalue weighted by atomic mass is 9.76. The molecule has 0 heterocycles. The van der Waals surface area contributed by atoms with Gasteiger partial charge in [-0.05, 0) is 99.3 Å².